The second kappa shape index (κ2) is 7.23. The first-order chi connectivity index (χ1) is 11.1. The van der Waals surface area contributed by atoms with Crippen LogP contribution in [-0.4, -0.2) is 38.6 Å². The van der Waals surface area contributed by atoms with E-state index in [-0.39, 0.29) is 34.9 Å². The van der Waals surface area contributed by atoms with Gasteiger partial charge in [0.2, 0.25) is 11.8 Å². The zero-order valence-electron chi connectivity index (χ0n) is 13.9. The van der Waals surface area contributed by atoms with Gasteiger partial charge in [-0.1, -0.05) is 0 Å². The van der Waals surface area contributed by atoms with Crippen molar-refractivity contribution in [1.82, 2.24) is 5.32 Å². The number of carbonyl (C=O) groups excluding carboxylic acids is 2. The van der Waals surface area contributed by atoms with Crippen LogP contribution in [-0.2, 0) is 25.8 Å². The zero-order valence-corrected chi connectivity index (χ0v) is 16.3. The van der Waals surface area contributed by atoms with E-state index >= 15 is 0 Å². The fraction of sp³-hybridized carbons (Fsp3) is 0.500. The molecule has 0 unspecified atom stereocenters. The van der Waals surface area contributed by atoms with Crippen LogP contribution in [0.2, 0.25) is 0 Å². The van der Waals surface area contributed by atoms with E-state index in [1.54, 1.807) is 11.0 Å². The third kappa shape index (κ3) is 4.16. The monoisotopic (exact) mass is 416 g/mol. The van der Waals surface area contributed by atoms with E-state index in [0.29, 0.717) is 23.1 Å². The molecule has 24 heavy (non-hydrogen) atoms. The van der Waals surface area contributed by atoms with Gasteiger partial charge in [-0.3, -0.25) is 9.59 Å². The van der Waals surface area contributed by atoms with Crippen molar-refractivity contribution in [3.05, 3.63) is 22.2 Å². The second-order valence-corrected chi connectivity index (χ2v) is 9.05. The molecule has 0 aliphatic carbocycles. The molecule has 0 fully saturated rings. The Morgan fingerprint density at radius 1 is 1.33 bits per heavy atom. The first-order valence-corrected chi connectivity index (χ1v) is 10.2. The van der Waals surface area contributed by atoms with Crippen molar-refractivity contribution in [3.8, 4) is 0 Å². The molecule has 1 heterocycles. The van der Waals surface area contributed by atoms with Crippen molar-refractivity contribution >= 4 is 43.3 Å². The molecule has 0 saturated heterocycles. The van der Waals surface area contributed by atoms with Crippen molar-refractivity contribution in [2.45, 2.75) is 44.6 Å². The molecule has 2 amide bonds. The van der Waals surface area contributed by atoms with E-state index < -0.39 is 9.84 Å². The highest BCUT2D eigenvalue weighted by atomic mass is 79.9. The van der Waals surface area contributed by atoms with Crippen LogP contribution in [0, 0.1) is 0 Å². The van der Waals surface area contributed by atoms with Crippen molar-refractivity contribution in [3.63, 3.8) is 0 Å². The van der Waals surface area contributed by atoms with Crippen LogP contribution in [0.3, 0.4) is 0 Å². The quantitative estimate of drug-likeness (QED) is 0.795. The van der Waals surface area contributed by atoms with Crippen molar-refractivity contribution < 1.29 is 18.0 Å². The van der Waals surface area contributed by atoms with E-state index in [9.17, 15) is 18.0 Å². The number of amides is 2. The Morgan fingerprint density at radius 3 is 2.58 bits per heavy atom. The van der Waals surface area contributed by atoms with E-state index in [0.717, 1.165) is 5.56 Å². The summed E-state index contributed by atoms with van der Waals surface area (Å²) in [6, 6.07) is 3.25. The van der Waals surface area contributed by atoms with Crippen LogP contribution in [0.1, 0.15) is 32.8 Å². The van der Waals surface area contributed by atoms with Gasteiger partial charge in [-0.2, -0.15) is 0 Å². The van der Waals surface area contributed by atoms with E-state index in [4.69, 9.17) is 0 Å². The van der Waals surface area contributed by atoms with Gasteiger partial charge in [-0.15, -0.1) is 0 Å². The molecule has 0 atom stereocenters. The van der Waals surface area contributed by atoms with E-state index in [1.165, 1.54) is 13.0 Å². The van der Waals surface area contributed by atoms with Crippen molar-refractivity contribution in [2.75, 3.05) is 17.2 Å². The third-order valence-corrected chi connectivity index (χ3v) is 6.46. The molecule has 0 bridgehead atoms. The molecule has 1 aromatic carbocycles. The number of nitrogens with zero attached hydrogens (tertiary/aromatic N) is 1. The number of carbonyl (C=O) groups is 2. The van der Waals surface area contributed by atoms with Crippen LogP contribution in [0.15, 0.2) is 21.5 Å². The van der Waals surface area contributed by atoms with Crippen molar-refractivity contribution in [2.24, 2.45) is 0 Å². The first-order valence-electron chi connectivity index (χ1n) is 7.74. The van der Waals surface area contributed by atoms with Gasteiger partial charge < -0.3 is 10.2 Å². The predicted octanol–water partition coefficient (Wildman–Crippen LogP) is 2.05. The van der Waals surface area contributed by atoms with Gasteiger partial charge in [0.25, 0.3) is 0 Å². The lowest BCUT2D eigenvalue weighted by atomic mass is 10.2. The van der Waals surface area contributed by atoms with Crippen LogP contribution >= 0.6 is 15.9 Å². The summed E-state index contributed by atoms with van der Waals surface area (Å²) in [6.45, 7) is 5.65. The number of hydrogen-bond acceptors (Lipinski definition) is 4. The molecule has 132 valence electrons. The number of sulfone groups is 1. The summed E-state index contributed by atoms with van der Waals surface area (Å²) in [5, 5.41) is 2.68. The third-order valence-electron chi connectivity index (χ3n) is 3.79. The van der Waals surface area contributed by atoms with Crippen LogP contribution in [0.25, 0.3) is 0 Å². The summed E-state index contributed by atoms with van der Waals surface area (Å²) < 4.78 is 25.7. The smallest absolute Gasteiger partial charge is 0.223 e. The molecule has 1 aromatic rings. The van der Waals surface area contributed by atoms with Gasteiger partial charge in [0.1, 0.15) is 0 Å². The number of fused-ring (bicyclic) bond motifs is 1. The van der Waals surface area contributed by atoms with E-state index in [1.807, 2.05) is 13.8 Å². The molecule has 1 aliphatic heterocycles. The van der Waals surface area contributed by atoms with Gasteiger partial charge in [-0.25, -0.2) is 8.42 Å². The Morgan fingerprint density at radius 2 is 2.00 bits per heavy atom. The Labute approximate surface area is 150 Å². The topological polar surface area (TPSA) is 83.6 Å². The van der Waals surface area contributed by atoms with Gasteiger partial charge >= 0.3 is 0 Å². The number of rotatable bonds is 5. The second-order valence-electron chi connectivity index (χ2n) is 6.12. The molecule has 8 heteroatoms. The number of hydrogen-bond donors (Lipinski definition) is 1. The lowest BCUT2D eigenvalue weighted by molar-refractivity contribution is -0.121. The standard InChI is InChI=1S/C16H21BrN2O4S/c1-10(2)18-16(21)5-7-24(22,23)15-9-14-12(8-13(15)17)4-6-19(14)11(3)20/h8-10H,4-7H2,1-3H3,(H,18,21). The molecule has 0 saturated carbocycles. The Kier molecular flexibility index (Phi) is 5.70. The summed E-state index contributed by atoms with van der Waals surface area (Å²) >= 11 is 3.31. The molecular weight excluding hydrogens is 396 g/mol. The maximum atomic E-state index is 12.6. The zero-order chi connectivity index (χ0) is 18.1. The minimum absolute atomic E-state index is 0.0314. The molecule has 0 spiro atoms. The lowest BCUT2D eigenvalue weighted by Crippen LogP contribution is -2.31. The molecule has 0 radical (unpaired) electrons. The summed E-state index contributed by atoms with van der Waals surface area (Å²) in [5.74, 6) is -0.685. The minimum atomic E-state index is -3.64. The van der Waals surface area contributed by atoms with Crippen molar-refractivity contribution in [1.29, 1.82) is 0 Å². The Hall–Kier alpha value is -1.41. The maximum absolute atomic E-state index is 12.6. The molecule has 0 aromatic heterocycles. The Bertz CT molecular complexity index is 775. The van der Waals surface area contributed by atoms with Gasteiger partial charge in [0, 0.05) is 36.1 Å². The molecule has 6 nitrogen and oxygen atoms in total. The highest BCUT2D eigenvalue weighted by molar-refractivity contribution is 9.10. The Balaban J connectivity index is 2.26. The molecular formula is C16H21BrN2O4S. The number of halogens is 1. The van der Waals surface area contributed by atoms with E-state index in [2.05, 4.69) is 21.2 Å². The first kappa shape index (κ1) is 18.9. The molecule has 2 rings (SSSR count). The summed E-state index contributed by atoms with van der Waals surface area (Å²) in [7, 11) is -3.64. The molecule has 1 aliphatic rings. The highest BCUT2D eigenvalue weighted by Crippen LogP contribution is 2.35. The average Bonchev–Trinajstić information content (AvgIpc) is 2.86. The van der Waals surface area contributed by atoms with Gasteiger partial charge in [0.05, 0.1) is 10.6 Å². The SMILES string of the molecule is CC(=O)N1CCc2cc(Br)c(S(=O)(=O)CCC(=O)NC(C)C)cc21. The number of nitrogens with one attached hydrogen (secondary N) is 1. The lowest BCUT2D eigenvalue weighted by Gasteiger charge is -2.16. The van der Waals surface area contributed by atoms with Crippen LogP contribution in [0.5, 0.6) is 0 Å². The summed E-state index contributed by atoms with van der Waals surface area (Å²) in [5.41, 5.74) is 1.57. The minimum Gasteiger partial charge on any atom is -0.354 e. The fourth-order valence-corrected chi connectivity index (χ4v) is 5.14. The van der Waals surface area contributed by atoms with Gasteiger partial charge in [-0.05, 0) is 53.9 Å². The van der Waals surface area contributed by atoms with Gasteiger partial charge in [0.15, 0.2) is 9.84 Å². The maximum Gasteiger partial charge on any atom is 0.223 e. The van der Waals surface area contributed by atoms with Crippen LogP contribution < -0.4 is 10.2 Å². The largest absolute Gasteiger partial charge is 0.354 e. The predicted molar refractivity (Wildman–Crippen MR) is 95.8 cm³/mol. The summed E-state index contributed by atoms with van der Waals surface area (Å²) in [6.07, 6.45) is 0.602. The normalized spacial score (nSPS) is 14.0. The number of anilines is 1. The number of benzene rings is 1. The van der Waals surface area contributed by atoms with Crippen LogP contribution in [0.4, 0.5) is 5.69 Å². The summed E-state index contributed by atoms with van der Waals surface area (Å²) in [4.78, 5) is 25.1. The molecule has 1 N–H and O–H groups in total. The average molecular weight is 417 g/mol. The fourth-order valence-electron chi connectivity index (χ4n) is 2.68. The highest BCUT2D eigenvalue weighted by Gasteiger charge is 2.27.